The number of likely N-dealkylation sites (tertiary alicyclic amines) is 1. The maximum absolute atomic E-state index is 15.7. The number of rotatable bonds is 10. The van der Waals surface area contributed by atoms with Gasteiger partial charge in [-0.25, -0.2) is 27.5 Å². The Balaban J connectivity index is 0.779. The standard InChI is InChI=1S/C42H49F4N9O5/c43-31-21-29(48-33-9-11-36(56)51-40(33)59)8-10-34(31)54-17-14-35(42(45,46)24-54)53-15-12-25(13-16-53)39(58)49-27-4-6-28(7-5-27)50-41-47-22-32(44)38(52-41)26-2-1-3-30(20-26)55-18-19-60-23-37(55)57/h1-3,8,10,20-22,25,27-28,33,35,48H,4-7,9,11-19,23-24H2,(H,49,58)(H,47,50,52)(H,51,56,59)/t27-,28-,33?,35?. The summed E-state index contributed by atoms with van der Waals surface area (Å²) in [4.78, 5) is 62.6. The molecule has 5 aliphatic rings. The van der Waals surface area contributed by atoms with Crippen molar-refractivity contribution in [2.45, 2.75) is 87.9 Å². The van der Waals surface area contributed by atoms with Gasteiger partial charge in [-0.1, -0.05) is 12.1 Å². The van der Waals surface area contributed by atoms with E-state index in [1.807, 2.05) is 0 Å². The van der Waals surface area contributed by atoms with E-state index in [1.165, 1.54) is 17.0 Å². The van der Waals surface area contributed by atoms with Crippen LogP contribution in [0.3, 0.4) is 0 Å². The highest BCUT2D eigenvalue weighted by Gasteiger charge is 2.49. The number of nitrogens with zero attached hydrogens (tertiary/aromatic N) is 5. The van der Waals surface area contributed by atoms with Crippen molar-refractivity contribution < 1.29 is 41.5 Å². The Morgan fingerprint density at radius 2 is 1.65 bits per heavy atom. The average molecular weight is 836 g/mol. The van der Waals surface area contributed by atoms with E-state index >= 15 is 13.2 Å². The molecule has 0 spiro atoms. The van der Waals surface area contributed by atoms with E-state index in [4.69, 9.17) is 4.74 Å². The molecule has 0 bridgehead atoms. The molecule has 2 aromatic carbocycles. The van der Waals surface area contributed by atoms with E-state index in [0.717, 1.165) is 31.9 Å². The van der Waals surface area contributed by atoms with Crippen LogP contribution >= 0.6 is 0 Å². The molecule has 18 heteroatoms. The first-order valence-electron chi connectivity index (χ1n) is 20.7. The molecule has 4 amide bonds. The van der Waals surface area contributed by atoms with Gasteiger partial charge in [0.05, 0.1) is 31.1 Å². The summed E-state index contributed by atoms with van der Waals surface area (Å²) in [6.45, 7) is 1.14. The highest BCUT2D eigenvalue weighted by Crippen LogP contribution is 2.37. The number of piperidine rings is 3. The van der Waals surface area contributed by atoms with Crippen LogP contribution in [0, 0.1) is 17.6 Å². The molecule has 8 rings (SSSR count). The van der Waals surface area contributed by atoms with E-state index in [-0.39, 0.29) is 85.5 Å². The van der Waals surface area contributed by atoms with E-state index in [0.29, 0.717) is 56.0 Å². The summed E-state index contributed by atoms with van der Waals surface area (Å²) in [5.74, 6) is -5.45. The van der Waals surface area contributed by atoms with Crippen LogP contribution in [0.4, 0.5) is 40.6 Å². The predicted molar refractivity (Wildman–Crippen MR) is 214 cm³/mol. The molecule has 1 aromatic heterocycles. The first-order chi connectivity index (χ1) is 28.9. The normalized spacial score (nSPS) is 25.4. The van der Waals surface area contributed by atoms with Crippen LogP contribution in [-0.4, -0.2) is 115 Å². The Morgan fingerprint density at radius 3 is 2.38 bits per heavy atom. The quantitative estimate of drug-likeness (QED) is 0.169. The number of hydrogen-bond acceptors (Lipinski definition) is 11. The van der Waals surface area contributed by atoms with Crippen LogP contribution in [0.1, 0.15) is 57.8 Å². The third kappa shape index (κ3) is 9.33. The minimum absolute atomic E-state index is 0.00170. The van der Waals surface area contributed by atoms with Crippen molar-refractivity contribution in [2.75, 3.05) is 66.4 Å². The summed E-state index contributed by atoms with van der Waals surface area (Å²) in [5, 5.41) is 11.7. The molecule has 4 N–H and O–H groups in total. The van der Waals surface area contributed by atoms with Gasteiger partial charge in [0.2, 0.25) is 23.7 Å². The fraction of sp³-hybridized carbons (Fsp3) is 0.524. The lowest BCUT2D eigenvalue weighted by Gasteiger charge is -2.46. The maximum Gasteiger partial charge on any atom is 0.280 e. The Labute approximate surface area is 344 Å². The fourth-order valence-electron chi connectivity index (χ4n) is 9.08. The van der Waals surface area contributed by atoms with Crippen LogP contribution in [0.15, 0.2) is 48.7 Å². The molecule has 5 heterocycles. The van der Waals surface area contributed by atoms with E-state index < -0.39 is 42.1 Å². The van der Waals surface area contributed by atoms with Gasteiger partial charge in [0.25, 0.3) is 11.8 Å². The van der Waals surface area contributed by atoms with Crippen LogP contribution in [0.2, 0.25) is 0 Å². The zero-order valence-electron chi connectivity index (χ0n) is 33.1. The Kier molecular flexibility index (Phi) is 12.2. The lowest BCUT2D eigenvalue weighted by atomic mass is 9.89. The predicted octanol–water partition coefficient (Wildman–Crippen LogP) is 4.47. The minimum atomic E-state index is -3.12. The number of alkyl halides is 2. The van der Waals surface area contributed by atoms with Crippen molar-refractivity contribution in [1.82, 2.24) is 25.5 Å². The highest BCUT2D eigenvalue weighted by atomic mass is 19.3. The molecule has 320 valence electrons. The van der Waals surface area contributed by atoms with Crippen molar-refractivity contribution in [2.24, 2.45) is 5.92 Å². The molecular formula is C42H49F4N9O5. The number of nitrogens with one attached hydrogen (secondary N) is 4. The topological polar surface area (TPSA) is 161 Å². The number of carbonyl (C=O) groups excluding carboxylic acids is 4. The number of morpholine rings is 1. The maximum atomic E-state index is 15.7. The Morgan fingerprint density at radius 1 is 0.867 bits per heavy atom. The first-order valence-corrected chi connectivity index (χ1v) is 20.7. The van der Waals surface area contributed by atoms with Crippen molar-refractivity contribution in [3.05, 3.63) is 60.3 Å². The molecule has 4 aliphatic heterocycles. The summed E-state index contributed by atoms with van der Waals surface area (Å²) in [5.41, 5.74) is 1.66. The molecular weight excluding hydrogens is 787 g/mol. The number of anilines is 4. The lowest BCUT2D eigenvalue weighted by molar-refractivity contribution is -0.134. The van der Waals surface area contributed by atoms with Crippen LogP contribution in [0.25, 0.3) is 11.3 Å². The van der Waals surface area contributed by atoms with Gasteiger partial charge in [-0.2, -0.15) is 0 Å². The SMILES string of the molecule is O=C1CCC(Nc2ccc(N3CCC(N4CCC(C(=O)N[C@H]5CC[C@H](Nc6ncc(F)c(-c7cccc(N8CCOCC8=O)c7)n6)CC5)CC4)C(F)(F)C3)c(F)c2)C(=O)N1. The minimum Gasteiger partial charge on any atom is -0.374 e. The van der Waals surface area contributed by atoms with Crippen molar-refractivity contribution in [3.8, 4) is 11.3 Å². The van der Waals surface area contributed by atoms with E-state index in [2.05, 4.69) is 31.2 Å². The number of amides is 4. The smallest absolute Gasteiger partial charge is 0.280 e. The number of aromatic nitrogens is 2. The van der Waals surface area contributed by atoms with Crippen LogP contribution < -0.4 is 31.1 Å². The number of halogens is 4. The number of benzene rings is 2. The van der Waals surface area contributed by atoms with Crippen molar-refractivity contribution in [3.63, 3.8) is 0 Å². The number of imide groups is 1. The molecule has 60 heavy (non-hydrogen) atoms. The summed E-state index contributed by atoms with van der Waals surface area (Å²) < 4.78 is 66.8. The largest absolute Gasteiger partial charge is 0.374 e. The van der Waals surface area contributed by atoms with Crippen LogP contribution in [-0.2, 0) is 23.9 Å². The third-order valence-corrected chi connectivity index (χ3v) is 12.3. The van der Waals surface area contributed by atoms with Gasteiger partial charge >= 0.3 is 0 Å². The first kappa shape index (κ1) is 41.4. The Bertz CT molecular complexity index is 2100. The lowest BCUT2D eigenvalue weighted by Crippen LogP contribution is -2.60. The van der Waals surface area contributed by atoms with E-state index in [1.54, 1.807) is 40.1 Å². The highest BCUT2D eigenvalue weighted by molar-refractivity contribution is 6.01. The zero-order valence-corrected chi connectivity index (χ0v) is 33.1. The van der Waals surface area contributed by atoms with Gasteiger partial charge in [0.1, 0.15) is 24.2 Å². The summed E-state index contributed by atoms with van der Waals surface area (Å²) >= 11 is 0. The monoisotopic (exact) mass is 835 g/mol. The van der Waals surface area contributed by atoms with Crippen molar-refractivity contribution >= 4 is 46.6 Å². The van der Waals surface area contributed by atoms with Gasteiger partial charge in [-0.3, -0.25) is 29.4 Å². The Hall–Kier alpha value is -5.36. The second kappa shape index (κ2) is 17.7. The number of ether oxygens (including phenoxy) is 1. The molecule has 1 aliphatic carbocycles. The van der Waals surface area contributed by atoms with Gasteiger partial charge < -0.3 is 30.5 Å². The molecule has 3 aromatic rings. The molecule has 1 saturated carbocycles. The van der Waals surface area contributed by atoms with E-state index in [9.17, 15) is 23.6 Å². The van der Waals surface area contributed by atoms with Crippen LogP contribution in [0.5, 0.6) is 0 Å². The summed E-state index contributed by atoms with van der Waals surface area (Å²) in [6, 6.07) is 9.44. The second-order valence-electron chi connectivity index (χ2n) is 16.4. The van der Waals surface area contributed by atoms with Gasteiger partial charge in [0, 0.05) is 54.5 Å². The van der Waals surface area contributed by atoms with Gasteiger partial charge in [0.15, 0.2) is 5.82 Å². The van der Waals surface area contributed by atoms with Gasteiger partial charge in [-0.15, -0.1) is 0 Å². The van der Waals surface area contributed by atoms with Crippen molar-refractivity contribution in [1.29, 1.82) is 0 Å². The molecule has 5 fully saturated rings. The summed E-state index contributed by atoms with van der Waals surface area (Å²) in [7, 11) is 0. The fourth-order valence-corrected chi connectivity index (χ4v) is 9.08. The molecule has 0 radical (unpaired) electrons. The van der Waals surface area contributed by atoms with Gasteiger partial charge in [-0.05, 0) is 94.8 Å². The molecule has 4 saturated heterocycles. The molecule has 2 unspecified atom stereocenters. The zero-order chi connectivity index (χ0) is 42.0. The average Bonchev–Trinajstić information content (AvgIpc) is 3.23. The number of hydrogen-bond donors (Lipinski definition) is 4. The third-order valence-electron chi connectivity index (χ3n) is 12.3. The molecule has 14 nitrogen and oxygen atoms in total. The molecule has 2 atom stereocenters. The number of carbonyl (C=O) groups is 4. The second-order valence-corrected chi connectivity index (χ2v) is 16.4. The summed E-state index contributed by atoms with van der Waals surface area (Å²) in [6.07, 6.45) is 5.53.